The predicted octanol–water partition coefficient (Wildman–Crippen LogP) is 2.60. The standard InChI is InChI=1S/C16H22N4/c1-20(13-14-6-3-2-4-7-14)11-5-9-19-16-8-10-18-12-15(16)17/h2-4,6-8,10,12H,5,9,11,13,17H2,1H3,(H,18,19). The van der Waals surface area contributed by atoms with E-state index >= 15 is 0 Å². The first-order chi connectivity index (χ1) is 9.75. The van der Waals surface area contributed by atoms with Crippen molar-refractivity contribution in [1.82, 2.24) is 9.88 Å². The molecule has 0 saturated carbocycles. The molecule has 106 valence electrons. The molecule has 1 aromatic carbocycles. The van der Waals surface area contributed by atoms with Gasteiger partial charge in [0.25, 0.3) is 0 Å². The van der Waals surface area contributed by atoms with Gasteiger partial charge in [0, 0.05) is 19.3 Å². The minimum absolute atomic E-state index is 0.699. The Balaban J connectivity index is 1.67. The van der Waals surface area contributed by atoms with E-state index in [1.807, 2.05) is 12.1 Å². The fourth-order valence-electron chi connectivity index (χ4n) is 2.11. The summed E-state index contributed by atoms with van der Waals surface area (Å²) in [4.78, 5) is 6.30. The first kappa shape index (κ1) is 14.3. The average molecular weight is 270 g/mol. The van der Waals surface area contributed by atoms with Crippen LogP contribution in [0, 0.1) is 0 Å². The van der Waals surface area contributed by atoms with Crippen molar-refractivity contribution in [3.05, 3.63) is 54.4 Å². The van der Waals surface area contributed by atoms with Gasteiger partial charge in [-0.25, -0.2) is 0 Å². The van der Waals surface area contributed by atoms with Gasteiger partial charge in [0.2, 0.25) is 0 Å². The number of nitrogens with one attached hydrogen (secondary N) is 1. The van der Waals surface area contributed by atoms with E-state index in [4.69, 9.17) is 5.73 Å². The Morgan fingerprint density at radius 3 is 2.75 bits per heavy atom. The molecule has 0 aliphatic carbocycles. The van der Waals surface area contributed by atoms with Crippen LogP contribution in [0.3, 0.4) is 0 Å². The van der Waals surface area contributed by atoms with Crippen molar-refractivity contribution in [1.29, 1.82) is 0 Å². The predicted molar refractivity (Wildman–Crippen MR) is 84.5 cm³/mol. The quantitative estimate of drug-likeness (QED) is 0.759. The van der Waals surface area contributed by atoms with Gasteiger partial charge in [0.15, 0.2) is 0 Å². The molecule has 1 heterocycles. The fourth-order valence-corrected chi connectivity index (χ4v) is 2.11. The third kappa shape index (κ3) is 4.55. The van der Waals surface area contributed by atoms with Gasteiger partial charge in [-0.1, -0.05) is 30.3 Å². The monoisotopic (exact) mass is 270 g/mol. The van der Waals surface area contributed by atoms with Crippen LogP contribution in [-0.4, -0.2) is 30.0 Å². The molecule has 0 aliphatic rings. The lowest BCUT2D eigenvalue weighted by Crippen LogP contribution is -2.21. The van der Waals surface area contributed by atoms with Crippen LogP contribution in [0.25, 0.3) is 0 Å². The van der Waals surface area contributed by atoms with Crippen molar-refractivity contribution >= 4 is 11.4 Å². The number of rotatable bonds is 7. The zero-order chi connectivity index (χ0) is 14.2. The summed E-state index contributed by atoms with van der Waals surface area (Å²) in [5, 5.41) is 3.34. The van der Waals surface area contributed by atoms with E-state index < -0.39 is 0 Å². The van der Waals surface area contributed by atoms with Gasteiger partial charge in [-0.2, -0.15) is 0 Å². The first-order valence-electron chi connectivity index (χ1n) is 6.91. The molecular formula is C16H22N4. The number of nitrogen functional groups attached to an aromatic ring is 1. The first-order valence-corrected chi connectivity index (χ1v) is 6.91. The Morgan fingerprint density at radius 2 is 2.00 bits per heavy atom. The van der Waals surface area contributed by atoms with Crippen molar-refractivity contribution in [2.75, 3.05) is 31.2 Å². The van der Waals surface area contributed by atoms with Gasteiger partial charge in [0.05, 0.1) is 17.6 Å². The van der Waals surface area contributed by atoms with Crippen LogP contribution in [-0.2, 0) is 6.54 Å². The highest BCUT2D eigenvalue weighted by molar-refractivity contribution is 5.64. The smallest absolute Gasteiger partial charge is 0.0736 e. The van der Waals surface area contributed by atoms with Crippen LogP contribution < -0.4 is 11.1 Å². The van der Waals surface area contributed by atoms with E-state index in [-0.39, 0.29) is 0 Å². The molecule has 0 spiro atoms. The van der Waals surface area contributed by atoms with E-state index in [0.29, 0.717) is 5.69 Å². The average Bonchev–Trinajstić information content (AvgIpc) is 2.46. The number of benzene rings is 1. The fraction of sp³-hybridized carbons (Fsp3) is 0.312. The summed E-state index contributed by atoms with van der Waals surface area (Å²) in [6.07, 6.45) is 4.50. The largest absolute Gasteiger partial charge is 0.396 e. The van der Waals surface area contributed by atoms with Crippen molar-refractivity contribution < 1.29 is 0 Å². The van der Waals surface area contributed by atoms with Crippen LogP contribution in [0.1, 0.15) is 12.0 Å². The van der Waals surface area contributed by atoms with Crippen LogP contribution >= 0.6 is 0 Å². The van der Waals surface area contributed by atoms with E-state index in [1.54, 1.807) is 12.4 Å². The number of nitrogens with two attached hydrogens (primary N) is 1. The second-order valence-corrected chi connectivity index (χ2v) is 4.97. The lowest BCUT2D eigenvalue weighted by molar-refractivity contribution is 0.325. The van der Waals surface area contributed by atoms with Crippen molar-refractivity contribution in [3.8, 4) is 0 Å². The molecule has 0 saturated heterocycles. The van der Waals surface area contributed by atoms with E-state index in [1.165, 1.54) is 5.56 Å². The highest BCUT2D eigenvalue weighted by Crippen LogP contribution is 2.14. The molecular weight excluding hydrogens is 248 g/mol. The maximum absolute atomic E-state index is 5.83. The highest BCUT2D eigenvalue weighted by atomic mass is 15.1. The Morgan fingerprint density at radius 1 is 1.20 bits per heavy atom. The summed E-state index contributed by atoms with van der Waals surface area (Å²) >= 11 is 0. The minimum Gasteiger partial charge on any atom is -0.396 e. The van der Waals surface area contributed by atoms with Gasteiger partial charge in [-0.15, -0.1) is 0 Å². The maximum atomic E-state index is 5.83. The van der Waals surface area contributed by atoms with Crippen molar-refractivity contribution in [2.24, 2.45) is 0 Å². The Bertz CT molecular complexity index is 513. The van der Waals surface area contributed by atoms with E-state index in [0.717, 1.165) is 31.7 Å². The van der Waals surface area contributed by atoms with E-state index in [2.05, 4.69) is 46.5 Å². The summed E-state index contributed by atoms with van der Waals surface area (Å²) in [6, 6.07) is 12.4. The molecule has 0 radical (unpaired) electrons. The molecule has 20 heavy (non-hydrogen) atoms. The second kappa shape index (κ2) is 7.50. The van der Waals surface area contributed by atoms with Gasteiger partial charge in [-0.3, -0.25) is 4.98 Å². The Hall–Kier alpha value is -2.07. The third-order valence-electron chi connectivity index (χ3n) is 3.18. The Labute approximate surface area is 120 Å². The van der Waals surface area contributed by atoms with Crippen LogP contribution in [0.4, 0.5) is 11.4 Å². The molecule has 3 N–H and O–H groups in total. The molecule has 1 aromatic heterocycles. The lowest BCUT2D eigenvalue weighted by Gasteiger charge is -2.17. The minimum atomic E-state index is 0.699. The number of hydrogen-bond acceptors (Lipinski definition) is 4. The molecule has 0 bridgehead atoms. The Kier molecular flexibility index (Phi) is 5.38. The normalized spacial score (nSPS) is 10.7. The third-order valence-corrected chi connectivity index (χ3v) is 3.18. The van der Waals surface area contributed by atoms with Gasteiger partial charge in [-0.05, 0) is 31.6 Å². The second-order valence-electron chi connectivity index (χ2n) is 4.97. The van der Waals surface area contributed by atoms with Gasteiger partial charge < -0.3 is 16.0 Å². The molecule has 0 atom stereocenters. The van der Waals surface area contributed by atoms with Crippen molar-refractivity contribution in [3.63, 3.8) is 0 Å². The number of pyridine rings is 1. The van der Waals surface area contributed by atoms with Crippen molar-refractivity contribution in [2.45, 2.75) is 13.0 Å². The molecule has 0 fully saturated rings. The van der Waals surface area contributed by atoms with E-state index in [9.17, 15) is 0 Å². The summed E-state index contributed by atoms with van der Waals surface area (Å²) in [6.45, 7) is 2.94. The van der Waals surface area contributed by atoms with Crippen LogP contribution in [0.2, 0.25) is 0 Å². The zero-order valence-corrected chi connectivity index (χ0v) is 11.9. The number of hydrogen-bond donors (Lipinski definition) is 2. The molecule has 4 nitrogen and oxygen atoms in total. The zero-order valence-electron chi connectivity index (χ0n) is 11.9. The molecule has 4 heteroatoms. The maximum Gasteiger partial charge on any atom is 0.0736 e. The molecule has 0 aliphatic heterocycles. The van der Waals surface area contributed by atoms with Gasteiger partial charge >= 0.3 is 0 Å². The number of nitrogens with zero attached hydrogens (tertiary/aromatic N) is 2. The SMILES string of the molecule is CN(CCCNc1ccncc1N)Cc1ccccc1. The summed E-state index contributed by atoms with van der Waals surface area (Å²) in [5.41, 5.74) is 8.84. The summed E-state index contributed by atoms with van der Waals surface area (Å²) < 4.78 is 0. The number of anilines is 2. The molecule has 0 unspecified atom stereocenters. The number of aromatic nitrogens is 1. The molecule has 2 aromatic rings. The molecule has 0 amide bonds. The topological polar surface area (TPSA) is 54.2 Å². The molecule has 2 rings (SSSR count). The summed E-state index contributed by atoms with van der Waals surface area (Å²) in [7, 11) is 2.15. The van der Waals surface area contributed by atoms with Crippen LogP contribution in [0.15, 0.2) is 48.8 Å². The lowest BCUT2D eigenvalue weighted by atomic mass is 10.2. The van der Waals surface area contributed by atoms with Crippen LogP contribution in [0.5, 0.6) is 0 Å². The summed E-state index contributed by atoms with van der Waals surface area (Å²) in [5.74, 6) is 0. The van der Waals surface area contributed by atoms with Gasteiger partial charge in [0.1, 0.15) is 0 Å². The highest BCUT2D eigenvalue weighted by Gasteiger charge is 2.00.